The molecule has 0 saturated carbocycles. The van der Waals surface area contributed by atoms with Gasteiger partial charge in [-0.15, -0.1) is 0 Å². The first-order valence-corrected chi connectivity index (χ1v) is 7.33. The summed E-state index contributed by atoms with van der Waals surface area (Å²) in [6.45, 7) is 6.02. The molecule has 0 spiro atoms. The largest absolute Gasteiger partial charge is 0.370 e. The van der Waals surface area contributed by atoms with E-state index in [1.807, 2.05) is 32.0 Å². The van der Waals surface area contributed by atoms with Gasteiger partial charge in [-0.3, -0.25) is 4.79 Å². The van der Waals surface area contributed by atoms with Gasteiger partial charge >= 0.3 is 0 Å². The van der Waals surface area contributed by atoms with E-state index in [0.717, 1.165) is 18.8 Å². The average molecular weight is 260 g/mol. The van der Waals surface area contributed by atoms with Crippen LogP contribution in [0.4, 0.5) is 11.4 Å². The third-order valence-electron chi connectivity index (χ3n) is 3.63. The van der Waals surface area contributed by atoms with E-state index in [0.29, 0.717) is 0 Å². The summed E-state index contributed by atoms with van der Waals surface area (Å²) >= 11 is 0. The quantitative estimate of drug-likeness (QED) is 0.899. The number of benzene rings is 1. The van der Waals surface area contributed by atoms with E-state index in [9.17, 15) is 4.79 Å². The lowest BCUT2D eigenvalue weighted by molar-refractivity contribution is -0.118. The van der Waals surface area contributed by atoms with E-state index >= 15 is 0 Å². The molecule has 2 rings (SSSR count). The molecule has 0 aromatic heterocycles. The van der Waals surface area contributed by atoms with Crippen molar-refractivity contribution < 1.29 is 4.79 Å². The third-order valence-corrected chi connectivity index (χ3v) is 3.63. The molecular weight excluding hydrogens is 236 g/mol. The molecule has 1 aliphatic rings. The molecule has 0 bridgehead atoms. The second kappa shape index (κ2) is 6.60. The normalized spacial score (nSPS) is 16.3. The number of carbonyl (C=O) groups is 1. The smallest absolute Gasteiger partial charge is 0.226 e. The van der Waals surface area contributed by atoms with Crippen molar-refractivity contribution in [3.8, 4) is 0 Å². The second-order valence-electron chi connectivity index (χ2n) is 5.56. The zero-order chi connectivity index (χ0) is 13.7. The maximum Gasteiger partial charge on any atom is 0.226 e. The van der Waals surface area contributed by atoms with Crippen LogP contribution in [0.15, 0.2) is 24.3 Å². The predicted molar refractivity (Wildman–Crippen MR) is 80.6 cm³/mol. The molecule has 1 saturated heterocycles. The molecular formula is C16H24N2O. The Bertz CT molecular complexity index is 421. The Kier molecular flexibility index (Phi) is 4.83. The van der Waals surface area contributed by atoms with E-state index in [-0.39, 0.29) is 11.8 Å². The maximum absolute atomic E-state index is 11.9. The van der Waals surface area contributed by atoms with Crippen LogP contribution in [0, 0.1) is 5.92 Å². The highest BCUT2D eigenvalue weighted by molar-refractivity contribution is 5.95. The highest BCUT2D eigenvalue weighted by Crippen LogP contribution is 2.28. The van der Waals surface area contributed by atoms with Crippen molar-refractivity contribution in [1.82, 2.24) is 0 Å². The lowest BCUT2D eigenvalue weighted by Gasteiger charge is -2.25. The molecule has 1 aliphatic heterocycles. The number of carbonyl (C=O) groups excluding carboxylic acids is 1. The summed E-state index contributed by atoms with van der Waals surface area (Å²) in [6, 6.07) is 8.14. The topological polar surface area (TPSA) is 32.3 Å². The van der Waals surface area contributed by atoms with Crippen molar-refractivity contribution in [2.45, 2.75) is 39.5 Å². The number of rotatable bonds is 3. The zero-order valence-corrected chi connectivity index (χ0v) is 12.0. The molecule has 1 aromatic rings. The van der Waals surface area contributed by atoms with Gasteiger partial charge in [0, 0.05) is 19.0 Å². The van der Waals surface area contributed by atoms with E-state index < -0.39 is 0 Å². The van der Waals surface area contributed by atoms with Gasteiger partial charge in [-0.05, 0) is 25.0 Å². The summed E-state index contributed by atoms with van der Waals surface area (Å²) in [6.07, 6.45) is 5.12. The van der Waals surface area contributed by atoms with Crippen LogP contribution < -0.4 is 10.2 Å². The van der Waals surface area contributed by atoms with Crippen molar-refractivity contribution in [2.24, 2.45) is 5.92 Å². The van der Waals surface area contributed by atoms with Crippen LogP contribution in [0.2, 0.25) is 0 Å². The van der Waals surface area contributed by atoms with Gasteiger partial charge in [0.15, 0.2) is 0 Å². The number of hydrogen-bond acceptors (Lipinski definition) is 2. The van der Waals surface area contributed by atoms with Crippen LogP contribution in [-0.4, -0.2) is 19.0 Å². The Morgan fingerprint density at radius 2 is 1.74 bits per heavy atom. The zero-order valence-electron chi connectivity index (χ0n) is 12.0. The Labute approximate surface area is 116 Å². The first kappa shape index (κ1) is 13.9. The van der Waals surface area contributed by atoms with Crippen LogP contribution >= 0.6 is 0 Å². The van der Waals surface area contributed by atoms with E-state index in [1.165, 1.54) is 31.4 Å². The van der Waals surface area contributed by atoms with Crippen LogP contribution in [0.3, 0.4) is 0 Å². The number of nitrogens with zero attached hydrogens (tertiary/aromatic N) is 1. The number of amides is 1. The molecule has 1 aromatic carbocycles. The van der Waals surface area contributed by atoms with Crippen molar-refractivity contribution in [3.05, 3.63) is 24.3 Å². The van der Waals surface area contributed by atoms with E-state index in [1.54, 1.807) is 0 Å². The van der Waals surface area contributed by atoms with Gasteiger partial charge < -0.3 is 10.2 Å². The molecule has 1 heterocycles. The highest BCUT2D eigenvalue weighted by Gasteiger charge is 2.15. The minimum absolute atomic E-state index is 0.0113. The van der Waals surface area contributed by atoms with Gasteiger partial charge in [-0.25, -0.2) is 0 Å². The molecule has 3 heteroatoms. The SMILES string of the molecule is CC(C)C(=O)Nc1ccccc1N1CCCCCC1. The van der Waals surface area contributed by atoms with Gasteiger partial charge in [0.05, 0.1) is 11.4 Å². The Balaban J connectivity index is 2.17. The fraction of sp³-hybridized carbons (Fsp3) is 0.562. The van der Waals surface area contributed by atoms with Crippen molar-refractivity contribution in [2.75, 3.05) is 23.3 Å². The van der Waals surface area contributed by atoms with Gasteiger partial charge in [0.2, 0.25) is 5.91 Å². The molecule has 0 radical (unpaired) electrons. The van der Waals surface area contributed by atoms with E-state index in [4.69, 9.17) is 0 Å². The van der Waals surface area contributed by atoms with Crippen LogP contribution in [0.5, 0.6) is 0 Å². The van der Waals surface area contributed by atoms with Crippen LogP contribution in [0.25, 0.3) is 0 Å². The Hall–Kier alpha value is -1.51. The molecule has 1 fully saturated rings. The number of para-hydroxylation sites is 2. The second-order valence-corrected chi connectivity index (χ2v) is 5.56. The summed E-state index contributed by atoms with van der Waals surface area (Å²) in [7, 11) is 0. The molecule has 1 N–H and O–H groups in total. The van der Waals surface area contributed by atoms with Crippen molar-refractivity contribution in [1.29, 1.82) is 0 Å². The van der Waals surface area contributed by atoms with Gasteiger partial charge in [0.1, 0.15) is 0 Å². The first-order valence-electron chi connectivity index (χ1n) is 7.33. The number of anilines is 2. The van der Waals surface area contributed by atoms with Gasteiger partial charge in [-0.2, -0.15) is 0 Å². The highest BCUT2D eigenvalue weighted by atomic mass is 16.1. The Morgan fingerprint density at radius 1 is 1.11 bits per heavy atom. The third kappa shape index (κ3) is 3.72. The average Bonchev–Trinajstić information content (AvgIpc) is 2.68. The molecule has 104 valence electrons. The lowest BCUT2D eigenvalue weighted by atomic mass is 10.2. The maximum atomic E-state index is 11.9. The molecule has 0 atom stereocenters. The number of hydrogen-bond donors (Lipinski definition) is 1. The molecule has 3 nitrogen and oxygen atoms in total. The lowest BCUT2D eigenvalue weighted by Crippen LogP contribution is -2.26. The predicted octanol–water partition coefficient (Wildman–Crippen LogP) is 3.66. The van der Waals surface area contributed by atoms with Gasteiger partial charge in [0.25, 0.3) is 0 Å². The standard InChI is InChI=1S/C16H24N2O/c1-13(2)16(19)17-14-9-5-6-10-15(14)18-11-7-3-4-8-12-18/h5-6,9-10,13H,3-4,7-8,11-12H2,1-2H3,(H,17,19). The van der Waals surface area contributed by atoms with Crippen molar-refractivity contribution in [3.63, 3.8) is 0 Å². The molecule has 0 unspecified atom stereocenters. The van der Waals surface area contributed by atoms with Crippen LogP contribution in [-0.2, 0) is 4.79 Å². The summed E-state index contributed by atoms with van der Waals surface area (Å²) in [4.78, 5) is 14.3. The molecule has 19 heavy (non-hydrogen) atoms. The monoisotopic (exact) mass is 260 g/mol. The summed E-state index contributed by atoms with van der Waals surface area (Å²) in [5.74, 6) is 0.0967. The number of nitrogens with one attached hydrogen (secondary N) is 1. The van der Waals surface area contributed by atoms with E-state index in [2.05, 4.69) is 16.3 Å². The molecule has 1 amide bonds. The molecule has 0 aliphatic carbocycles. The minimum Gasteiger partial charge on any atom is -0.370 e. The fourth-order valence-corrected chi connectivity index (χ4v) is 2.44. The Morgan fingerprint density at radius 3 is 2.37 bits per heavy atom. The van der Waals surface area contributed by atoms with Gasteiger partial charge in [-0.1, -0.05) is 38.8 Å². The van der Waals surface area contributed by atoms with Crippen LogP contribution in [0.1, 0.15) is 39.5 Å². The first-order chi connectivity index (χ1) is 9.18. The van der Waals surface area contributed by atoms with Crippen molar-refractivity contribution >= 4 is 17.3 Å². The minimum atomic E-state index is 0.0113. The summed E-state index contributed by atoms with van der Waals surface area (Å²) in [5, 5.41) is 3.05. The fourth-order valence-electron chi connectivity index (χ4n) is 2.44. The summed E-state index contributed by atoms with van der Waals surface area (Å²) in [5.41, 5.74) is 2.11. The summed E-state index contributed by atoms with van der Waals surface area (Å²) < 4.78 is 0.